The van der Waals surface area contributed by atoms with E-state index in [9.17, 15) is 14.7 Å². The average molecular weight is 607 g/mol. The first kappa shape index (κ1) is 31.9. The van der Waals surface area contributed by atoms with Crippen molar-refractivity contribution in [2.24, 2.45) is 0 Å². The van der Waals surface area contributed by atoms with Gasteiger partial charge < -0.3 is 25.1 Å². The molecule has 0 bridgehead atoms. The number of aryl methyl sites for hydroxylation is 2. The topological polar surface area (TPSA) is 108 Å². The summed E-state index contributed by atoms with van der Waals surface area (Å²) in [7, 11) is 0. The SMILES string of the molecule is C=C(C)c1cccc(CNC[C@@H](O)[C@H](Cc2ccccc2)NC(=O)c2cc(C)cc(C(=O)N3CCCC3c3nc(C)co3)c2)c1. The summed E-state index contributed by atoms with van der Waals surface area (Å²) in [4.78, 5) is 33.6. The zero-order valence-electron chi connectivity index (χ0n) is 26.3. The molecule has 1 aliphatic rings. The molecule has 2 amide bonds. The summed E-state index contributed by atoms with van der Waals surface area (Å²) in [6.07, 6.45) is 2.81. The van der Waals surface area contributed by atoms with Crippen LogP contribution in [0, 0.1) is 13.8 Å². The Balaban J connectivity index is 1.30. The molecule has 1 unspecified atom stereocenters. The van der Waals surface area contributed by atoms with E-state index in [1.54, 1.807) is 29.4 Å². The first-order valence-corrected chi connectivity index (χ1v) is 15.5. The van der Waals surface area contributed by atoms with Crippen LogP contribution in [0.5, 0.6) is 0 Å². The van der Waals surface area contributed by atoms with Gasteiger partial charge in [0.25, 0.3) is 11.8 Å². The third kappa shape index (κ3) is 8.15. The van der Waals surface area contributed by atoms with E-state index in [4.69, 9.17) is 4.42 Å². The maximum Gasteiger partial charge on any atom is 0.254 e. The minimum absolute atomic E-state index is 0.160. The molecule has 0 saturated carbocycles. The summed E-state index contributed by atoms with van der Waals surface area (Å²) in [6.45, 7) is 11.2. The van der Waals surface area contributed by atoms with Gasteiger partial charge in [-0.25, -0.2) is 4.98 Å². The third-order valence-corrected chi connectivity index (χ3v) is 8.20. The molecule has 5 rings (SSSR count). The molecule has 0 spiro atoms. The van der Waals surface area contributed by atoms with Gasteiger partial charge in [0.15, 0.2) is 0 Å². The Kier molecular flexibility index (Phi) is 10.3. The lowest BCUT2D eigenvalue weighted by Gasteiger charge is -2.25. The van der Waals surface area contributed by atoms with Crippen LogP contribution in [0.4, 0.5) is 0 Å². The number of aliphatic hydroxyl groups is 1. The molecule has 45 heavy (non-hydrogen) atoms. The van der Waals surface area contributed by atoms with Crippen LogP contribution in [0.1, 0.15) is 80.4 Å². The summed E-state index contributed by atoms with van der Waals surface area (Å²) in [5.74, 6) is 0.0360. The van der Waals surface area contributed by atoms with E-state index in [0.29, 0.717) is 36.5 Å². The van der Waals surface area contributed by atoms with Crippen LogP contribution in [0.15, 0.2) is 90.1 Å². The van der Waals surface area contributed by atoms with Gasteiger partial charge in [-0.05, 0) is 80.5 Å². The number of carbonyl (C=O) groups is 2. The summed E-state index contributed by atoms with van der Waals surface area (Å²) in [5, 5.41) is 17.7. The van der Waals surface area contributed by atoms with E-state index < -0.39 is 12.1 Å². The summed E-state index contributed by atoms with van der Waals surface area (Å²) >= 11 is 0. The number of hydrogen-bond acceptors (Lipinski definition) is 6. The molecule has 1 aromatic heterocycles. The number of carbonyl (C=O) groups excluding carboxylic acids is 2. The van der Waals surface area contributed by atoms with Gasteiger partial charge in [-0.3, -0.25) is 9.59 Å². The predicted octanol–water partition coefficient (Wildman–Crippen LogP) is 5.79. The Morgan fingerprint density at radius 3 is 2.51 bits per heavy atom. The highest BCUT2D eigenvalue weighted by atomic mass is 16.3. The maximum absolute atomic E-state index is 13.7. The summed E-state index contributed by atoms with van der Waals surface area (Å²) in [5.41, 5.74) is 6.54. The number of aromatic nitrogens is 1. The molecule has 0 radical (unpaired) electrons. The molecule has 4 aromatic rings. The van der Waals surface area contributed by atoms with Crippen LogP contribution in [-0.2, 0) is 13.0 Å². The number of benzene rings is 3. The number of likely N-dealkylation sites (tertiary alicyclic amines) is 1. The number of oxazole rings is 1. The fourth-order valence-corrected chi connectivity index (χ4v) is 5.85. The number of nitrogens with zero attached hydrogens (tertiary/aromatic N) is 2. The summed E-state index contributed by atoms with van der Waals surface area (Å²) in [6, 6.07) is 22.3. The first-order valence-electron chi connectivity index (χ1n) is 15.5. The lowest BCUT2D eigenvalue weighted by molar-refractivity contribution is 0.0715. The number of nitrogens with one attached hydrogen (secondary N) is 2. The molecule has 3 N–H and O–H groups in total. The van der Waals surface area contributed by atoms with Gasteiger partial charge in [0.05, 0.1) is 17.8 Å². The van der Waals surface area contributed by atoms with Crippen LogP contribution in [0.25, 0.3) is 5.57 Å². The van der Waals surface area contributed by atoms with E-state index in [0.717, 1.165) is 46.4 Å². The van der Waals surface area contributed by atoms with Crippen molar-refractivity contribution >= 4 is 17.4 Å². The first-order chi connectivity index (χ1) is 21.7. The van der Waals surface area contributed by atoms with Gasteiger partial charge in [0.2, 0.25) is 5.89 Å². The van der Waals surface area contributed by atoms with Crippen molar-refractivity contribution in [3.63, 3.8) is 0 Å². The minimum atomic E-state index is -0.862. The molecule has 2 heterocycles. The Labute approximate surface area is 265 Å². The van der Waals surface area contributed by atoms with Crippen molar-refractivity contribution in [1.82, 2.24) is 20.5 Å². The number of allylic oxidation sites excluding steroid dienone is 1. The van der Waals surface area contributed by atoms with Crippen LogP contribution >= 0.6 is 0 Å². The van der Waals surface area contributed by atoms with Gasteiger partial charge in [0, 0.05) is 30.8 Å². The van der Waals surface area contributed by atoms with Crippen LogP contribution in [-0.4, -0.2) is 52.0 Å². The number of aliphatic hydroxyl groups excluding tert-OH is 1. The molecule has 8 heteroatoms. The van der Waals surface area contributed by atoms with Crippen molar-refractivity contribution in [2.45, 2.75) is 64.8 Å². The number of amides is 2. The van der Waals surface area contributed by atoms with Crippen LogP contribution < -0.4 is 10.6 Å². The molecular weight excluding hydrogens is 564 g/mol. The molecule has 0 aliphatic carbocycles. The molecule has 1 fully saturated rings. The smallest absolute Gasteiger partial charge is 0.254 e. The monoisotopic (exact) mass is 606 g/mol. The lowest BCUT2D eigenvalue weighted by Crippen LogP contribution is -2.48. The van der Waals surface area contributed by atoms with Crippen molar-refractivity contribution in [2.75, 3.05) is 13.1 Å². The molecule has 1 aliphatic heterocycles. The maximum atomic E-state index is 13.7. The van der Waals surface area contributed by atoms with Gasteiger partial charge in [-0.1, -0.05) is 66.7 Å². The van der Waals surface area contributed by atoms with Crippen LogP contribution in [0.3, 0.4) is 0 Å². The Morgan fingerprint density at radius 2 is 1.78 bits per heavy atom. The van der Waals surface area contributed by atoms with E-state index in [1.165, 1.54) is 0 Å². The van der Waals surface area contributed by atoms with Crippen molar-refractivity contribution in [3.8, 4) is 0 Å². The van der Waals surface area contributed by atoms with E-state index in [-0.39, 0.29) is 24.4 Å². The average Bonchev–Trinajstić information content (AvgIpc) is 3.70. The fourth-order valence-electron chi connectivity index (χ4n) is 5.85. The van der Waals surface area contributed by atoms with E-state index in [2.05, 4.69) is 28.3 Å². The zero-order chi connectivity index (χ0) is 31.9. The zero-order valence-corrected chi connectivity index (χ0v) is 26.3. The third-order valence-electron chi connectivity index (χ3n) is 8.20. The van der Waals surface area contributed by atoms with Crippen molar-refractivity contribution in [1.29, 1.82) is 0 Å². The van der Waals surface area contributed by atoms with Gasteiger partial charge in [-0.2, -0.15) is 0 Å². The van der Waals surface area contributed by atoms with E-state index in [1.807, 2.05) is 69.3 Å². The predicted molar refractivity (Wildman–Crippen MR) is 176 cm³/mol. The van der Waals surface area contributed by atoms with Gasteiger partial charge in [0.1, 0.15) is 12.3 Å². The molecule has 3 atom stereocenters. The quantitative estimate of drug-likeness (QED) is 0.188. The highest BCUT2D eigenvalue weighted by Gasteiger charge is 2.34. The molecule has 1 saturated heterocycles. The lowest BCUT2D eigenvalue weighted by atomic mass is 9.99. The second-order valence-corrected chi connectivity index (χ2v) is 12.0. The van der Waals surface area contributed by atoms with E-state index >= 15 is 0 Å². The normalized spacial score (nSPS) is 15.9. The Hall–Kier alpha value is -4.53. The second kappa shape index (κ2) is 14.5. The highest BCUT2D eigenvalue weighted by molar-refractivity contribution is 6.00. The number of rotatable bonds is 12. The van der Waals surface area contributed by atoms with Crippen LogP contribution in [0.2, 0.25) is 0 Å². The van der Waals surface area contributed by atoms with Gasteiger partial charge >= 0.3 is 0 Å². The second-order valence-electron chi connectivity index (χ2n) is 12.0. The standard InChI is InChI=1S/C37H42N4O4/c1-24(2)29-13-8-12-28(18-29)21-38-22-34(42)32(19-27-10-6-5-7-11-27)40-35(43)30-16-25(3)17-31(20-30)37(44)41-15-9-14-33(41)36-39-26(4)23-45-36/h5-8,10-13,16-18,20,23,32-34,38,42H,1,9,14-15,19,21-22H2,2-4H3,(H,40,43)/t32-,33?,34+/m0/s1. The number of hydrogen-bond donors (Lipinski definition) is 3. The summed E-state index contributed by atoms with van der Waals surface area (Å²) < 4.78 is 5.63. The Morgan fingerprint density at radius 1 is 1.02 bits per heavy atom. The van der Waals surface area contributed by atoms with Gasteiger partial charge in [-0.15, -0.1) is 0 Å². The molecular formula is C37H42N4O4. The fraction of sp³-hybridized carbons (Fsp3) is 0.324. The largest absolute Gasteiger partial charge is 0.446 e. The van der Waals surface area contributed by atoms with Crippen molar-refractivity contribution < 1.29 is 19.1 Å². The molecule has 234 valence electrons. The Bertz CT molecular complexity index is 1650. The minimum Gasteiger partial charge on any atom is -0.446 e. The van der Waals surface area contributed by atoms with Crippen molar-refractivity contribution in [3.05, 3.63) is 131 Å². The highest BCUT2D eigenvalue weighted by Crippen LogP contribution is 2.33. The molecule has 3 aromatic carbocycles. The molecule has 8 nitrogen and oxygen atoms in total.